The number of rotatable bonds is 6. The second-order valence-electron chi connectivity index (χ2n) is 4.64. The van der Waals surface area contributed by atoms with Crippen LogP contribution < -0.4 is 0 Å². The third-order valence-electron chi connectivity index (χ3n) is 3.09. The molecule has 1 unspecified atom stereocenters. The van der Waals surface area contributed by atoms with Crippen LogP contribution in [0.3, 0.4) is 0 Å². The first-order chi connectivity index (χ1) is 10.1. The second-order valence-corrected chi connectivity index (χ2v) is 5.04. The zero-order chi connectivity index (χ0) is 15.2. The molecule has 0 radical (unpaired) electrons. The summed E-state index contributed by atoms with van der Waals surface area (Å²) in [6.45, 7) is 2.29. The van der Waals surface area contributed by atoms with Gasteiger partial charge in [0, 0.05) is 13.0 Å². The normalized spacial score (nSPS) is 12.1. The second kappa shape index (κ2) is 7.34. The molecule has 2 aromatic rings. The molecule has 0 aromatic heterocycles. The van der Waals surface area contributed by atoms with Gasteiger partial charge in [-0.05, 0) is 30.2 Å². The molecular weight excluding hydrogens is 291 g/mol. The number of ether oxygens (including phenoxy) is 1. The molecule has 0 saturated carbocycles. The van der Waals surface area contributed by atoms with Gasteiger partial charge >= 0.3 is 0 Å². The van der Waals surface area contributed by atoms with Crippen LogP contribution in [0.25, 0.3) is 0 Å². The molecule has 0 saturated heterocycles. The highest BCUT2D eigenvalue weighted by Crippen LogP contribution is 2.22. The summed E-state index contributed by atoms with van der Waals surface area (Å²) < 4.78 is 18.7. The molecule has 4 heteroatoms. The average molecular weight is 307 g/mol. The van der Waals surface area contributed by atoms with E-state index in [0.717, 1.165) is 5.56 Å². The zero-order valence-corrected chi connectivity index (χ0v) is 12.4. The lowest BCUT2D eigenvalue weighted by atomic mass is 10.00. The van der Waals surface area contributed by atoms with Gasteiger partial charge in [0.05, 0.1) is 5.02 Å². The predicted molar refractivity (Wildman–Crippen MR) is 80.9 cm³/mol. The topological polar surface area (TPSA) is 26.3 Å². The molecule has 1 atom stereocenters. The number of Topliss-reactive ketones (excluding diaryl/α,β-unsaturated/α-hetero) is 1. The summed E-state index contributed by atoms with van der Waals surface area (Å²) in [4.78, 5) is 12.4. The first kappa shape index (κ1) is 15.7. The highest BCUT2D eigenvalue weighted by Gasteiger charge is 2.21. The maximum absolute atomic E-state index is 13.1. The minimum absolute atomic E-state index is 0.0213. The van der Waals surface area contributed by atoms with Gasteiger partial charge < -0.3 is 4.74 Å². The lowest BCUT2D eigenvalue weighted by molar-refractivity contribution is -0.130. The summed E-state index contributed by atoms with van der Waals surface area (Å²) in [5.74, 6) is -0.567. The maximum atomic E-state index is 13.1. The van der Waals surface area contributed by atoms with E-state index in [1.807, 2.05) is 37.3 Å². The Bertz CT molecular complexity index is 613. The van der Waals surface area contributed by atoms with Gasteiger partial charge in [0.2, 0.25) is 0 Å². The van der Waals surface area contributed by atoms with Crippen molar-refractivity contribution in [2.45, 2.75) is 19.4 Å². The van der Waals surface area contributed by atoms with Crippen molar-refractivity contribution in [1.82, 2.24) is 0 Å². The molecule has 2 aromatic carbocycles. The summed E-state index contributed by atoms with van der Waals surface area (Å²) in [7, 11) is 0. The van der Waals surface area contributed by atoms with Crippen LogP contribution in [0, 0.1) is 5.82 Å². The molecule has 0 aliphatic rings. The van der Waals surface area contributed by atoms with Crippen molar-refractivity contribution in [3.63, 3.8) is 0 Å². The Kier molecular flexibility index (Phi) is 5.48. The van der Waals surface area contributed by atoms with E-state index in [1.165, 1.54) is 12.1 Å². The molecule has 0 spiro atoms. The van der Waals surface area contributed by atoms with Crippen molar-refractivity contribution >= 4 is 17.4 Å². The van der Waals surface area contributed by atoms with E-state index in [-0.39, 0.29) is 17.2 Å². The van der Waals surface area contributed by atoms with Crippen molar-refractivity contribution in [2.24, 2.45) is 0 Å². The molecular formula is C17H16ClFO2. The molecule has 0 heterocycles. The van der Waals surface area contributed by atoms with Gasteiger partial charge in [-0.25, -0.2) is 4.39 Å². The van der Waals surface area contributed by atoms with Crippen molar-refractivity contribution in [1.29, 1.82) is 0 Å². The van der Waals surface area contributed by atoms with Crippen molar-refractivity contribution < 1.29 is 13.9 Å². The van der Waals surface area contributed by atoms with Crippen LogP contribution in [-0.2, 0) is 16.0 Å². The van der Waals surface area contributed by atoms with Crippen LogP contribution in [0.5, 0.6) is 0 Å². The molecule has 21 heavy (non-hydrogen) atoms. The molecule has 2 nitrogen and oxygen atoms in total. The zero-order valence-electron chi connectivity index (χ0n) is 11.7. The smallest absolute Gasteiger partial charge is 0.170 e. The Hall–Kier alpha value is -1.71. The van der Waals surface area contributed by atoms with E-state index in [9.17, 15) is 9.18 Å². The van der Waals surface area contributed by atoms with Gasteiger partial charge in [-0.2, -0.15) is 0 Å². The van der Waals surface area contributed by atoms with E-state index in [4.69, 9.17) is 16.3 Å². The Morgan fingerprint density at radius 3 is 2.57 bits per heavy atom. The molecule has 0 N–H and O–H groups in total. The molecule has 110 valence electrons. The number of halogens is 2. The third kappa shape index (κ3) is 4.13. The van der Waals surface area contributed by atoms with Gasteiger partial charge in [-0.15, -0.1) is 0 Å². The Morgan fingerprint density at radius 2 is 1.95 bits per heavy atom. The summed E-state index contributed by atoms with van der Waals surface area (Å²) in [5, 5.41) is 0.0213. The first-order valence-electron chi connectivity index (χ1n) is 6.75. The molecule has 0 aliphatic carbocycles. The minimum atomic E-state index is -0.611. The van der Waals surface area contributed by atoms with Crippen LogP contribution in [-0.4, -0.2) is 12.4 Å². The van der Waals surface area contributed by atoms with Gasteiger partial charge in [0.25, 0.3) is 0 Å². The molecule has 0 amide bonds. The quantitative estimate of drug-likeness (QED) is 0.792. The monoisotopic (exact) mass is 306 g/mol. The molecule has 2 rings (SSSR count). The van der Waals surface area contributed by atoms with Crippen LogP contribution in [0.4, 0.5) is 4.39 Å². The van der Waals surface area contributed by atoms with Crippen LogP contribution in [0.15, 0.2) is 48.5 Å². The van der Waals surface area contributed by atoms with Crippen molar-refractivity contribution in [3.8, 4) is 0 Å². The minimum Gasteiger partial charge on any atom is -0.366 e. The van der Waals surface area contributed by atoms with E-state index >= 15 is 0 Å². The number of benzene rings is 2. The van der Waals surface area contributed by atoms with E-state index in [2.05, 4.69) is 0 Å². The fourth-order valence-corrected chi connectivity index (χ4v) is 2.32. The standard InChI is InChI=1S/C17H16ClFO2/c1-2-21-17(13-6-4-3-5-7-13)16(20)11-12-8-9-15(19)14(18)10-12/h3-10,17H,2,11H2,1H3. The number of hydrogen-bond donors (Lipinski definition) is 0. The number of carbonyl (C=O) groups is 1. The van der Waals surface area contributed by atoms with E-state index in [1.54, 1.807) is 6.07 Å². The lowest BCUT2D eigenvalue weighted by Gasteiger charge is -2.16. The van der Waals surface area contributed by atoms with Gasteiger partial charge in [0.1, 0.15) is 11.9 Å². The molecule has 0 fully saturated rings. The highest BCUT2D eigenvalue weighted by molar-refractivity contribution is 6.30. The lowest BCUT2D eigenvalue weighted by Crippen LogP contribution is -2.18. The fourth-order valence-electron chi connectivity index (χ4n) is 2.11. The van der Waals surface area contributed by atoms with Crippen LogP contribution in [0.2, 0.25) is 5.02 Å². The van der Waals surface area contributed by atoms with Gasteiger partial charge in [-0.3, -0.25) is 4.79 Å². The largest absolute Gasteiger partial charge is 0.366 e. The van der Waals surface area contributed by atoms with Gasteiger partial charge in [-0.1, -0.05) is 48.0 Å². The van der Waals surface area contributed by atoms with E-state index < -0.39 is 11.9 Å². The number of carbonyl (C=O) groups excluding carboxylic acids is 1. The predicted octanol–water partition coefficient (Wildman–Crippen LogP) is 4.37. The summed E-state index contributed by atoms with van der Waals surface area (Å²) >= 11 is 5.74. The maximum Gasteiger partial charge on any atom is 0.170 e. The van der Waals surface area contributed by atoms with Gasteiger partial charge in [0.15, 0.2) is 5.78 Å². The highest BCUT2D eigenvalue weighted by atomic mass is 35.5. The number of ketones is 1. The number of hydrogen-bond acceptors (Lipinski definition) is 2. The Morgan fingerprint density at radius 1 is 1.24 bits per heavy atom. The van der Waals surface area contributed by atoms with E-state index in [0.29, 0.717) is 12.2 Å². The van der Waals surface area contributed by atoms with Crippen molar-refractivity contribution in [2.75, 3.05) is 6.61 Å². The molecule has 0 bridgehead atoms. The molecule has 0 aliphatic heterocycles. The SMILES string of the molecule is CCOC(C(=O)Cc1ccc(F)c(Cl)c1)c1ccccc1. The van der Waals surface area contributed by atoms with Crippen LogP contribution in [0.1, 0.15) is 24.2 Å². The average Bonchev–Trinajstić information content (AvgIpc) is 2.49. The Balaban J connectivity index is 2.17. The summed E-state index contributed by atoms with van der Waals surface area (Å²) in [6, 6.07) is 13.6. The summed E-state index contributed by atoms with van der Waals surface area (Å²) in [6.07, 6.45) is -0.459. The van der Waals surface area contributed by atoms with Crippen LogP contribution >= 0.6 is 11.6 Å². The first-order valence-corrected chi connectivity index (χ1v) is 7.12. The Labute approximate surface area is 128 Å². The van der Waals surface area contributed by atoms with Crippen molar-refractivity contribution in [3.05, 3.63) is 70.5 Å². The summed E-state index contributed by atoms with van der Waals surface area (Å²) in [5.41, 5.74) is 1.49. The fraction of sp³-hybridized carbons (Fsp3) is 0.235. The third-order valence-corrected chi connectivity index (χ3v) is 3.38.